The number of ether oxygens (including phenoxy) is 2. The van der Waals surface area contributed by atoms with Crippen molar-refractivity contribution in [2.45, 2.75) is 38.0 Å². The molecule has 0 bridgehead atoms. The Morgan fingerprint density at radius 3 is 2.52 bits per heavy atom. The molecule has 0 unspecified atom stereocenters. The number of carbonyl (C=O) groups excluding carboxylic acids is 1. The third kappa shape index (κ3) is 4.79. The summed E-state index contributed by atoms with van der Waals surface area (Å²) in [7, 11) is 0. The second-order valence-corrected chi connectivity index (χ2v) is 7.12. The molecule has 1 aromatic heterocycles. The van der Waals surface area contributed by atoms with Gasteiger partial charge in [0.05, 0.1) is 23.9 Å². The molecule has 5 nitrogen and oxygen atoms in total. The number of pyridine rings is 1. The first-order valence-corrected chi connectivity index (χ1v) is 9.76. The Bertz CT molecular complexity index is 741. The molecular weight excluding hydrogens is 364 g/mol. The SMILES string of the molecule is CCOCCOc1ccc(NC(=O)C2(c3ccc(Cl)cc3)CCCC2)cn1. The van der Waals surface area contributed by atoms with Gasteiger partial charge in [0, 0.05) is 17.7 Å². The number of amides is 1. The highest BCUT2D eigenvalue weighted by atomic mass is 35.5. The van der Waals surface area contributed by atoms with Gasteiger partial charge in [-0.1, -0.05) is 36.6 Å². The average molecular weight is 389 g/mol. The van der Waals surface area contributed by atoms with Crippen LogP contribution in [-0.2, 0) is 14.9 Å². The number of benzene rings is 1. The lowest BCUT2D eigenvalue weighted by Crippen LogP contribution is -2.38. The molecule has 1 aromatic carbocycles. The van der Waals surface area contributed by atoms with Gasteiger partial charge in [0.15, 0.2) is 0 Å². The highest BCUT2D eigenvalue weighted by Crippen LogP contribution is 2.42. The number of carbonyl (C=O) groups is 1. The first-order chi connectivity index (χ1) is 13.1. The van der Waals surface area contributed by atoms with Gasteiger partial charge < -0.3 is 14.8 Å². The lowest BCUT2D eigenvalue weighted by molar-refractivity contribution is -0.121. The maximum Gasteiger partial charge on any atom is 0.235 e. The molecule has 1 N–H and O–H groups in total. The molecule has 144 valence electrons. The van der Waals surface area contributed by atoms with Crippen molar-refractivity contribution in [3.8, 4) is 5.88 Å². The average Bonchev–Trinajstić information content (AvgIpc) is 3.18. The zero-order valence-corrected chi connectivity index (χ0v) is 16.3. The van der Waals surface area contributed by atoms with Crippen molar-refractivity contribution in [1.82, 2.24) is 4.98 Å². The Morgan fingerprint density at radius 2 is 1.89 bits per heavy atom. The van der Waals surface area contributed by atoms with Gasteiger partial charge in [-0.15, -0.1) is 0 Å². The lowest BCUT2D eigenvalue weighted by atomic mass is 9.78. The Morgan fingerprint density at radius 1 is 1.15 bits per heavy atom. The number of anilines is 1. The molecule has 2 aromatic rings. The second kappa shape index (κ2) is 9.20. The van der Waals surface area contributed by atoms with E-state index in [1.807, 2.05) is 37.3 Å². The summed E-state index contributed by atoms with van der Waals surface area (Å²) in [5.74, 6) is 0.523. The summed E-state index contributed by atoms with van der Waals surface area (Å²) >= 11 is 6.01. The second-order valence-electron chi connectivity index (χ2n) is 6.68. The smallest absolute Gasteiger partial charge is 0.235 e. The summed E-state index contributed by atoms with van der Waals surface area (Å²) in [6, 6.07) is 11.2. The fraction of sp³-hybridized carbons (Fsp3) is 0.429. The van der Waals surface area contributed by atoms with Crippen molar-refractivity contribution in [2.75, 3.05) is 25.1 Å². The predicted octanol–water partition coefficient (Wildman–Crippen LogP) is 4.60. The molecule has 1 heterocycles. The van der Waals surface area contributed by atoms with Crippen LogP contribution in [0.15, 0.2) is 42.6 Å². The molecule has 1 amide bonds. The Labute approximate surface area is 165 Å². The minimum atomic E-state index is -0.503. The highest BCUT2D eigenvalue weighted by Gasteiger charge is 2.42. The van der Waals surface area contributed by atoms with Crippen LogP contribution in [0.25, 0.3) is 0 Å². The molecule has 0 radical (unpaired) electrons. The molecule has 1 fully saturated rings. The number of rotatable bonds is 8. The molecule has 1 aliphatic rings. The van der Waals surface area contributed by atoms with Crippen molar-refractivity contribution in [1.29, 1.82) is 0 Å². The Hall–Kier alpha value is -2.11. The number of nitrogens with one attached hydrogen (secondary N) is 1. The first kappa shape index (κ1) is 19.6. The van der Waals surface area contributed by atoms with E-state index in [1.165, 1.54) is 0 Å². The topological polar surface area (TPSA) is 60.5 Å². The summed E-state index contributed by atoms with van der Waals surface area (Å²) < 4.78 is 10.7. The maximum absolute atomic E-state index is 13.1. The van der Waals surface area contributed by atoms with Crippen LogP contribution in [0, 0.1) is 0 Å². The Kier molecular flexibility index (Phi) is 6.69. The van der Waals surface area contributed by atoms with Gasteiger partial charge in [-0.05, 0) is 43.5 Å². The summed E-state index contributed by atoms with van der Waals surface area (Å²) in [6.07, 6.45) is 5.39. The number of nitrogens with zero attached hydrogens (tertiary/aromatic N) is 1. The van der Waals surface area contributed by atoms with E-state index in [4.69, 9.17) is 21.1 Å². The number of hydrogen-bond acceptors (Lipinski definition) is 4. The van der Waals surface area contributed by atoms with E-state index in [-0.39, 0.29) is 5.91 Å². The van der Waals surface area contributed by atoms with E-state index in [1.54, 1.807) is 12.3 Å². The van der Waals surface area contributed by atoms with E-state index >= 15 is 0 Å². The van der Waals surface area contributed by atoms with Gasteiger partial charge in [-0.2, -0.15) is 0 Å². The first-order valence-electron chi connectivity index (χ1n) is 9.38. The van der Waals surface area contributed by atoms with E-state index in [9.17, 15) is 4.79 Å². The summed E-state index contributed by atoms with van der Waals surface area (Å²) in [5.41, 5.74) is 1.18. The van der Waals surface area contributed by atoms with Crippen molar-refractivity contribution in [2.24, 2.45) is 0 Å². The third-order valence-corrected chi connectivity index (χ3v) is 5.22. The normalized spacial score (nSPS) is 15.5. The van der Waals surface area contributed by atoms with Gasteiger partial charge in [-0.25, -0.2) is 4.98 Å². The van der Waals surface area contributed by atoms with Gasteiger partial charge >= 0.3 is 0 Å². The molecule has 0 spiro atoms. The van der Waals surface area contributed by atoms with Gasteiger partial charge in [0.2, 0.25) is 11.8 Å². The minimum absolute atomic E-state index is 0.00846. The molecule has 0 saturated heterocycles. The number of halogens is 1. The van der Waals surface area contributed by atoms with Gasteiger partial charge in [-0.3, -0.25) is 4.79 Å². The van der Waals surface area contributed by atoms with Crippen LogP contribution >= 0.6 is 11.6 Å². The van der Waals surface area contributed by atoms with Crippen LogP contribution < -0.4 is 10.1 Å². The van der Waals surface area contributed by atoms with E-state index in [0.29, 0.717) is 36.4 Å². The molecular formula is C21H25ClN2O3. The van der Waals surface area contributed by atoms with Crippen molar-refractivity contribution < 1.29 is 14.3 Å². The van der Waals surface area contributed by atoms with Crippen molar-refractivity contribution >= 4 is 23.2 Å². The third-order valence-electron chi connectivity index (χ3n) is 4.96. The van der Waals surface area contributed by atoms with Crippen molar-refractivity contribution in [3.63, 3.8) is 0 Å². The summed E-state index contributed by atoms with van der Waals surface area (Å²) in [6.45, 7) is 3.58. The van der Waals surface area contributed by atoms with Crippen LogP contribution in [0.4, 0.5) is 5.69 Å². The molecule has 27 heavy (non-hydrogen) atoms. The maximum atomic E-state index is 13.1. The number of hydrogen-bond donors (Lipinski definition) is 1. The summed E-state index contributed by atoms with van der Waals surface area (Å²) in [4.78, 5) is 17.4. The van der Waals surface area contributed by atoms with Crippen LogP contribution in [-0.4, -0.2) is 30.7 Å². The standard InChI is InChI=1S/C21H25ClN2O3/c1-2-26-13-14-27-19-10-9-18(15-23-19)24-20(25)21(11-3-4-12-21)16-5-7-17(22)8-6-16/h5-10,15H,2-4,11-14H2,1H3,(H,24,25). The van der Waals surface area contributed by atoms with E-state index in [2.05, 4.69) is 10.3 Å². The largest absolute Gasteiger partial charge is 0.475 e. The zero-order chi connectivity index (χ0) is 19.1. The van der Waals surface area contributed by atoms with E-state index < -0.39 is 5.41 Å². The molecule has 0 aliphatic heterocycles. The fourth-order valence-electron chi connectivity index (χ4n) is 3.53. The number of aromatic nitrogens is 1. The van der Waals surface area contributed by atoms with E-state index in [0.717, 1.165) is 31.2 Å². The quantitative estimate of drug-likeness (QED) is 0.671. The minimum Gasteiger partial charge on any atom is -0.475 e. The molecule has 3 rings (SSSR count). The van der Waals surface area contributed by atoms with Crippen LogP contribution in [0.5, 0.6) is 5.88 Å². The van der Waals surface area contributed by atoms with Gasteiger partial charge in [0.25, 0.3) is 0 Å². The van der Waals surface area contributed by atoms with Crippen molar-refractivity contribution in [3.05, 3.63) is 53.2 Å². The molecule has 1 saturated carbocycles. The van der Waals surface area contributed by atoms with Gasteiger partial charge in [0.1, 0.15) is 6.61 Å². The Balaban J connectivity index is 1.66. The molecule has 1 aliphatic carbocycles. The summed E-state index contributed by atoms with van der Waals surface area (Å²) in [5, 5.41) is 3.70. The fourth-order valence-corrected chi connectivity index (χ4v) is 3.66. The zero-order valence-electron chi connectivity index (χ0n) is 15.5. The van der Waals surface area contributed by atoms with Crippen LogP contribution in [0.1, 0.15) is 38.2 Å². The highest BCUT2D eigenvalue weighted by molar-refractivity contribution is 6.30. The monoisotopic (exact) mass is 388 g/mol. The lowest BCUT2D eigenvalue weighted by Gasteiger charge is -2.28. The predicted molar refractivity (Wildman–Crippen MR) is 106 cm³/mol. The van der Waals surface area contributed by atoms with Crippen LogP contribution in [0.3, 0.4) is 0 Å². The van der Waals surface area contributed by atoms with Crippen LogP contribution in [0.2, 0.25) is 5.02 Å². The molecule has 6 heteroatoms. The molecule has 0 atom stereocenters.